The Balaban J connectivity index is 1.90. The van der Waals surface area contributed by atoms with E-state index in [9.17, 15) is 4.79 Å². The maximum absolute atomic E-state index is 12.5. The fourth-order valence-corrected chi connectivity index (χ4v) is 3.77. The topological polar surface area (TPSA) is 26.8 Å². The number of nitrogens with zero attached hydrogens (tertiary/aromatic N) is 3. The smallest absolute Gasteiger partial charge is 0.222 e. The predicted molar refractivity (Wildman–Crippen MR) is 105 cm³/mol. The zero-order chi connectivity index (χ0) is 18.1. The number of likely N-dealkylation sites (tertiary alicyclic amines) is 1. The minimum atomic E-state index is 0.311. The lowest BCUT2D eigenvalue weighted by molar-refractivity contribution is -0.131. The standard InChI is InChI=1S/C21H35N3O/c1-4-22(5-2)16-17-23(6-3)20-12-13-21(25)24(15-14-20)18-19-10-8-7-9-11-19/h7-11,20H,4-6,12-18H2,1-3H3. The Morgan fingerprint density at radius 2 is 1.72 bits per heavy atom. The Hall–Kier alpha value is -1.39. The summed E-state index contributed by atoms with van der Waals surface area (Å²) in [5.41, 5.74) is 1.23. The van der Waals surface area contributed by atoms with E-state index < -0.39 is 0 Å². The molecule has 25 heavy (non-hydrogen) atoms. The maximum atomic E-state index is 12.5. The van der Waals surface area contributed by atoms with E-state index in [0.717, 1.165) is 58.7 Å². The van der Waals surface area contributed by atoms with Gasteiger partial charge in [0.15, 0.2) is 0 Å². The lowest BCUT2D eigenvalue weighted by Gasteiger charge is -2.32. The Morgan fingerprint density at radius 1 is 1.00 bits per heavy atom. The fraction of sp³-hybridized carbons (Fsp3) is 0.667. The second-order valence-electron chi connectivity index (χ2n) is 6.94. The van der Waals surface area contributed by atoms with Crippen LogP contribution in [0.25, 0.3) is 0 Å². The summed E-state index contributed by atoms with van der Waals surface area (Å²) in [5.74, 6) is 0.311. The van der Waals surface area contributed by atoms with Crippen LogP contribution in [0.2, 0.25) is 0 Å². The number of carbonyl (C=O) groups excluding carboxylic acids is 1. The molecule has 1 aromatic rings. The molecule has 4 nitrogen and oxygen atoms in total. The van der Waals surface area contributed by atoms with Crippen molar-refractivity contribution in [2.45, 2.75) is 52.6 Å². The highest BCUT2D eigenvalue weighted by Gasteiger charge is 2.25. The molecule has 4 heteroatoms. The molecular formula is C21H35N3O. The molecule has 0 N–H and O–H groups in total. The number of likely N-dealkylation sites (N-methyl/N-ethyl adjacent to an activating group) is 2. The van der Waals surface area contributed by atoms with Crippen molar-refractivity contribution in [1.82, 2.24) is 14.7 Å². The van der Waals surface area contributed by atoms with Crippen LogP contribution in [0, 0.1) is 0 Å². The lowest BCUT2D eigenvalue weighted by Crippen LogP contribution is -2.41. The summed E-state index contributed by atoms with van der Waals surface area (Å²) in [6.07, 6.45) is 2.76. The first-order chi connectivity index (χ1) is 12.2. The van der Waals surface area contributed by atoms with Crippen LogP contribution in [-0.4, -0.2) is 65.9 Å². The van der Waals surface area contributed by atoms with Crippen LogP contribution >= 0.6 is 0 Å². The van der Waals surface area contributed by atoms with E-state index >= 15 is 0 Å². The quantitative estimate of drug-likeness (QED) is 0.687. The van der Waals surface area contributed by atoms with E-state index in [1.165, 1.54) is 5.56 Å². The molecule has 140 valence electrons. The Bertz CT molecular complexity index is 501. The number of hydrogen-bond donors (Lipinski definition) is 0. The van der Waals surface area contributed by atoms with Gasteiger partial charge < -0.3 is 9.80 Å². The lowest BCUT2D eigenvalue weighted by atomic mass is 10.1. The summed E-state index contributed by atoms with van der Waals surface area (Å²) < 4.78 is 0. The normalized spacial score (nSPS) is 18.8. The van der Waals surface area contributed by atoms with Crippen molar-refractivity contribution in [3.63, 3.8) is 0 Å². The highest BCUT2D eigenvalue weighted by molar-refractivity contribution is 5.76. The van der Waals surface area contributed by atoms with E-state index in [-0.39, 0.29) is 0 Å². The maximum Gasteiger partial charge on any atom is 0.222 e. The largest absolute Gasteiger partial charge is 0.338 e. The van der Waals surface area contributed by atoms with Crippen molar-refractivity contribution in [2.75, 3.05) is 39.3 Å². The average Bonchev–Trinajstić information content (AvgIpc) is 2.82. The summed E-state index contributed by atoms with van der Waals surface area (Å²) in [5, 5.41) is 0. The molecule has 1 saturated heterocycles. The minimum absolute atomic E-state index is 0.311. The fourth-order valence-electron chi connectivity index (χ4n) is 3.77. The number of carbonyl (C=O) groups is 1. The Morgan fingerprint density at radius 3 is 2.36 bits per heavy atom. The molecule has 2 rings (SSSR count). The van der Waals surface area contributed by atoms with Crippen molar-refractivity contribution in [1.29, 1.82) is 0 Å². The van der Waals surface area contributed by atoms with E-state index in [1.54, 1.807) is 0 Å². The molecule has 1 amide bonds. The van der Waals surface area contributed by atoms with Gasteiger partial charge in [-0.3, -0.25) is 9.69 Å². The monoisotopic (exact) mass is 345 g/mol. The number of benzene rings is 1. The van der Waals surface area contributed by atoms with Crippen molar-refractivity contribution < 1.29 is 4.79 Å². The van der Waals surface area contributed by atoms with Gasteiger partial charge in [0.05, 0.1) is 0 Å². The number of rotatable bonds is 9. The number of amides is 1. The van der Waals surface area contributed by atoms with Crippen molar-refractivity contribution >= 4 is 5.91 Å². The van der Waals surface area contributed by atoms with Gasteiger partial charge in [-0.05, 0) is 38.0 Å². The second kappa shape index (κ2) is 10.6. The second-order valence-corrected chi connectivity index (χ2v) is 6.94. The molecule has 0 bridgehead atoms. The van der Waals surface area contributed by atoms with E-state index in [1.807, 2.05) is 23.1 Å². The molecule has 0 radical (unpaired) electrons. The third kappa shape index (κ3) is 6.12. The molecule has 0 saturated carbocycles. The van der Waals surface area contributed by atoms with E-state index in [2.05, 4.69) is 42.7 Å². The van der Waals surface area contributed by atoms with Gasteiger partial charge in [-0.1, -0.05) is 51.1 Å². The molecule has 1 aliphatic rings. The molecule has 1 heterocycles. The van der Waals surface area contributed by atoms with Crippen molar-refractivity contribution in [3.8, 4) is 0 Å². The van der Waals surface area contributed by atoms with Crippen LogP contribution in [0.5, 0.6) is 0 Å². The van der Waals surface area contributed by atoms with Crippen LogP contribution in [0.1, 0.15) is 45.6 Å². The molecule has 1 aliphatic heterocycles. The highest BCUT2D eigenvalue weighted by atomic mass is 16.2. The Labute approximate surface area is 153 Å². The highest BCUT2D eigenvalue weighted by Crippen LogP contribution is 2.19. The third-order valence-electron chi connectivity index (χ3n) is 5.51. The van der Waals surface area contributed by atoms with Crippen LogP contribution in [0.3, 0.4) is 0 Å². The molecule has 0 aromatic heterocycles. The van der Waals surface area contributed by atoms with Gasteiger partial charge >= 0.3 is 0 Å². The Kier molecular flexibility index (Phi) is 8.42. The first-order valence-corrected chi connectivity index (χ1v) is 9.96. The summed E-state index contributed by atoms with van der Waals surface area (Å²) in [4.78, 5) is 19.6. The molecule has 1 atom stereocenters. The molecular weight excluding hydrogens is 310 g/mol. The third-order valence-corrected chi connectivity index (χ3v) is 5.51. The summed E-state index contributed by atoms with van der Waals surface area (Å²) >= 11 is 0. The SMILES string of the molecule is CCN(CC)CCN(CC)C1CCC(=O)N(Cc2ccccc2)CC1. The predicted octanol–water partition coefficient (Wildman–Crippen LogP) is 3.23. The van der Waals surface area contributed by atoms with E-state index in [0.29, 0.717) is 18.4 Å². The summed E-state index contributed by atoms with van der Waals surface area (Å²) in [7, 11) is 0. The van der Waals surface area contributed by atoms with Gasteiger partial charge in [-0.25, -0.2) is 0 Å². The zero-order valence-electron chi connectivity index (χ0n) is 16.3. The molecule has 1 fully saturated rings. The molecule has 0 aliphatic carbocycles. The van der Waals surface area contributed by atoms with Crippen LogP contribution in [0.15, 0.2) is 30.3 Å². The van der Waals surface area contributed by atoms with Crippen LogP contribution in [0.4, 0.5) is 0 Å². The molecule has 1 unspecified atom stereocenters. The van der Waals surface area contributed by atoms with Crippen LogP contribution < -0.4 is 0 Å². The van der Waals surface area contributed by atoms with Crippen molar-refractivity contribution in [3.05, 3.63) is 35.9 Å². The van der Waals surface area contributed by atoms with Gasteiger partial charge in [-0.15, -0.1) is 0 Å². The molecule has 1 aromatic carbocycles. The van der Waals surface area contributed by atoms with Gasteiger partial charge in [0.2, 0.25) is 5.91 Å². The van der Waals surface area contributed by atoms with Gasteiger partial charge in [0, 0.05) is 38.6 Å². The van der Waals surface area contributed by atoms with Crippen LogP contribution in [-0.2, 0) is 11.3 Å². The van der Waals surface area contributed by atoms with Gasteiger partial charge in [0.25, 0.3) is 0 Å². The van der Waals surface area contributed by atoms with Gasteiger partial charge in [-0.2, -0.15) is 0 Å². The minimum Gasteiger partial charge on any atom is -0.338 e. The van der Waals surface area contributed by atoms with Crippen molar-refractivity contribution in [2.24, 2.45) is 0 Å². The summed E-state index contributed by atoms with van der Waals surface area (Å²) in [6, 6.07) is 10.9. The number of hydrogen-bond acceptors (Lipinski definition) is 3. The van der Waals surface area contributed by atoms with E-state index in [4.69, 9.17) is 0 Å². The van der Waals surface area contributed by atoms with Gasteiger partial charge in [0.1, 0.15) is 0 Å². The zero-order valence-corrected chi connectivity index (χ0v) is 16.3. The molecule has 0 spiro atoms. The first-order valence-electron chi connectivity index (χ1n) is 9.96. The first kappa shape index (κ1) is 19.9. The summed E-state index contributed by atoms with van der Waals surface area (Å²) in [6.45, 7) is 13.9. The average molecular weight is 346 g/mol.